The molecule has 1 N–H and O–H groups in total. The summed E-state index contributed by atoms with van der Waals surface area (Å²) in [5, 5.41) is 8.78. The number of aromatic carboxylic acids is 1. The van der Waals surface area contributed by atoms with E-state index in [0.29, 0.717) is 5.56 Å². The van der Waals surface area contributed by atoms with Gasteiger partial charge in [-0.3, -0.25) is 4.79 Å². The minimum absolute atomic E-state index is 0.0414. The van der Waals surface area contributed by atoms with E-state index in [4.69, 9.17) is 9.52 Å². The smallest absolute Gasteiger partial charge is 0.372 e. The molecule has 19 heavy (non-hydrogen) atoms. The first-order valence-corrected chi connectivity index (χ1v) is 7.17. The normalized spacial score (nSPS) is 11.3. The molecule has 1 aromatic rings. The van der Waals surface area contributed by atoms with Crippen LogP contribution in [0, 0.1) is 6.92 Å². The highest BCUT2D eigenvalue weighted by molar-refractivity contribution is 7.90. The van der Waals surface area contributed by atoms with Crippen LogP contribution in [-0.4, -0.2) is 38.3 Å². The largest absolute Gasteiger partial charge is 0.475 e. The number of carboxylic acids is 1. The molecule has 1 aromatic heterocycles. The van der Waals surface area contributed by atoms with Crippen LogP contribution in [0.15, 0.2) is 10.5 Å². The van der Waals surface area contributed by atoms with Gasteiger partial charge in [-0.25, -0.2) is 13.2 Å². The van der Waals surface area contributed by atoms with Gasteiger partial charge in [0.25, 0.3) is 0 Å². The molecular formula is C11H14O7S. The topological polar surface area (TPSA) is 111 Å². The van der Waals surface area contributed by atoms with Gasteiger partial charge in [-0.15, -0.1) is 0 Å². The first-order chi connectivity index (χ1) is 8.75. The number of ether oxygens (including phenoxy) is 1. The van der Waals surface area contributed by atoms with Crippen LogP contribution in [0.1, 0.15) is 28.3 Å². The Morgan fingerprint density at radius 3 is 2.53 bits per heavy atom. The lowest BCUT2D eigenvalue weighted by molar-refractivity contribution is -0.140. The standard InChI is InChI=1S/C11H14O7S/c1-7-5-8(18-10(7)11(13)14)6-19(15,16)4-3-9(12)17-2/h5H,3-4,6H2,1-2H3,(H,13,14). The fourth-order valence-electron chi connectivity index (χ4n) is 1.46. The number of hydrogen-bond acceptors (Lipinski definition) is 6. The number of esters is 1. The number of rotatable bonds is 6. The Hall–Kier alpha value is -1.83. The summed E-state index contributed by atoms with van der Waals surface area (Å²) in [5.41, 5.74) is 0.352. The molecule has 1 heterocycles. The van der Waals surface area contributed by atoms with E-state index in [-0.39, 0.29) is 23.7 Å². The molecule has 0 saturated heterocycles. The highest BCUT2D eigenvalue weighted by Gasteiger charge is 2.20. The maximum absolute atomic E-state index is 11.7. The maximum atomic E-state index is 11.7. The first-order valence-electron chi connectivity index (χ1n) is 5.35. The van der Waals surface area contributed by atoms with Crippen LogP contribution in [0.25, 0.3) is 0 Å². The number of methoxy groups -OCH3 is 1. The van der Waals surface area contributed by atoms with E-state index in [9.17, 15) is 18.0 Å². The number of aryl methyl sites for hydroxylation is 1. The molecule has 0 atom stereocenters. The van der Waals surface area contributed by atoms with Gasteiger partial charge in [-0.05, 0) is 13.0 Å². The summed E-state index contributed by atoms with van der Waals surface area (Å²) in [4.78, 5) is 21.6. The monoisotopic (exact) mass is 290 g/mol. The zero-order valence-electron chi connectivity index (χ0n) is 10.5. The third-order valence-electron chi connectivity index (χ3n) is 2.37. The summed E-state index contributed by atoms with van der Waals surface area (Å²) in [6, 6.07) is 1.36. The maximum Gasteiger partial charge on any atom is 0.372 e. The molecule has 0 radical (unpaired) electrons. The van der Waals surface area contributed by atoms with Gasteiger partial charge in [0.1, 0.15) is 11.5 Å². The van der Waals surface area contributed by atoms with Crippen molar-refractivity contribution in [3.05, 3.63) is 23.2 Å². The van der Waals surface area contributed by atoms with E-state index in [0.717, 1.165) is 0 Å². The summed E-state index contributed by atoms with van der Waals surface area (Å²) in [6.45, 7) is 1.51. The van der Waals surface area contributed by atoms with Gasteiger partial charge in [-0.2, -0.15) is 0 Å². The van der Waals surface area contributed by atoms with E-state index >= 15 is 0 Å². The Labute approximate surface area is 110 Å². The van der Waals surface area contributed by atoms with Gasteiger partial charge in [-0.1, -0.05) is 0 Å². The van der Waals surface area contributed by atoms with Crippen LogP contribution in [0.4, 0.5) is 0 Å². The molecule has 0 fully saturated rings. The van der Waals surface area contributed by atoms with E-state index in [1.54, 1.807) is 0 Å². The van der Waals surface area contributed by atoms with Crippen molar-refractivity contribution in [1.29, 1.82) is 0 Å². The molecule has 0 saturated carbocycles. The molecule has 0 aromatic carbocycles. The van der Waals surface area contributed by atoms with Crippen LogP contribution in [0.5, 0.6) is 0 Å². The highest BCUT2D eigenvalue weighted by atomic mass is 32.2. The SMILES string of the molecule is COC(=O)CCS(=O)(=O)Cc1cc(C)c(C(=O)O)o1. The van der Waals surface area contributed by atoms with Gasteiger partial charge >= 0.3 is 11.9 Å². The minimum Gasteiger partial charge on any atom is -0.475 e. The molecular weight excluding hydrogens is 276 g/mol. The summed E-state index contributed by atoms with van der Waals surface area (Å²) in [7, 11) is -2.39. The molecule has 0 aliphatic rings. The van der Waals surface area contributed by atoms with E-state index in [1.807, 2.05) is 0 Å². The first kappa shape index (κ1) is 15.2. The average molecular weight is 290 g/mol. The Morgan fingerprint density at radius 1 is 1.42 bits per heavy atom. The molecule has 0 aliphatic heterocycles. The van der Waals surface area contributed by atoms with Crippen molar-refractivity contribution in [2.45, 2.75) is 19.1 Å². The second-order valence-electron chi connectivity index (χ2n) is 3.95. The predicted octanol–water partition coefficient (Wildman–Crippen LogP) is 0.764. The lowest BCUT2D eigenvalue weighted by Crippen LogP contribution is -2.13. The van der Waals surface area contributed by atoms with Gasteiger partial charge < -0.3 is 14.3 Å². The van der Waals surface area contributed by atoms with Crippen molar-refractivity contribution in [3.8, 4) is 0 Å². The van der Waals surface area contributed by atoms with Gasteiger partial charge in [0.2, 0.25) is 5.76 Å². The molecule has 7 nitrogen and oxygen atoms in total. The van der Waals surface area contributed by atoms with Gasteiger partial charge in [0.05, 0.1) is 19.3 Å². The number of carbonyl (C=O) groups excluding carboxylic acids is 1. The molecule has 0 amide bonds. The Bertz CT molecular complexity index is 582. The van der Waals surface area contributed by atoms with Crippen LogP contribution in [0.2, 0.25) is 0 Å². The van der Waals surface area contributed by atoms with E-state index in [2.05, 4.69) is 4.74 Å². The third-order valence-corrected chi connectivity index (χ3v) is 3.92. The van der Waals surface area contributed by atoms with Crippen LogP contribution in [-0.2, 0) is 25.1 Å². The zero-order chi connectivity index (χ0) is 14.6. The van der Waals surface area contributed by atoms with Crippen LogP contribution < -0.4 is 0 Å². The summed E-state index contributed by atoms with van der Waals surface area (Å²) in [5.74, 6) is -2.93. The molecule has 0 aliphatic carbocycles. The number of hydrogen-bond donors (Lipinski definition) is 1. The summed E-state index contributed by atoms with van der Waals surface area (Å²) in [6.07, 6.45) is -0.246. The predicted molar refractivity (Wildman–Crippen MR) is 64.5 cm³/mol. The Morgan fingerprint density at radius 2 is 2.05 bits per heavy atom. The number of carboxylic acid groups (broad SMARTS) is 1. The fourth-order valence-corrected chi connectivity index (χ4v) is 2.66. The van der Waals surface area contributed by atoms with Crippen molar-refractivity contribution in [2.24, 2.45) is 0 Å². The number of sulfone groups is 1. The Balaban J connectivity index is 2.76. The second-order valence-corrected chi connectivity index (χ2v) is 6.13. The van der Waals surface area contributed by atoms with Crippen molar-refractivity contribution >= 4 is 21.8 Å². The number of furan rings is 1. The molecule has 0 spiro atoms. The fraction of sp³-hybridized carbons (Fsp3) is 0.455. The highest BCUT2D eigenvalue weighted by Crippen LogP contribution is 2.17. The van der Waals surface area contributed by atoms with Crippen LogP contribution in [0.3, 0.4) is 0 Å². The lowest BCUT2D eigenvalue weighted by atomic mass is 10.3. The molecule has 0 bridgehead atoms. The lowest BCUT2D eigenvalue weighted by Gasteiger charge is -2.01. The van der Waals surface area contributed by atoms with Crippen molar-refractivity contribution in [1.82, 2.24) is 0 Å². The number of carbonyl (C=O) groups is 2. The third kappa shape index (κ3) is 4.40. The summed E-state index contributed by atoms with van der Waals surface area (Å²) < 4.78 is 32.7. The summed E-state index contributed by atoms with van der Waals surface area (Å²) >= 11 is 0. The molecule has 1 rings (SSSR count). The van der Waals surface area contributed by atoms with Crippen molar-refractivity contribution < 1.29 is 32.3 Å². The van der Waals surface area contributed by atoms with Crippen LogP contribution >= 0.6 is 0 Å². The zero-order valence-corrected chi connectivity index (χ0v) is 11.3. The minimum atomic E-state index is -3.56. The van der Waals surface area contributed by atoms with Crippen molar-refractivity contribution in [2.75, 3.05) is 12.9 Å². The second kappa shape index (κ2) is 5.87. The quantitative estimate of drug-likeness (QED) is 0.770. The molecule has 106 valence electrons. The molecule has 8 heteroatoms. The van der Waals surface area contributed by atoms with E-state index < -0.39 is 27.5 Å². The molecule has 0 unspecified atom stereocenters. The van der Waals surface area contributed by atoms with Gasteiger partial charge in [0, 0.05) is 5.56 Å². The van der Waals surface area contributed by atoms with Crippen molar-refractivity contribution in [3.63, 3.8) is 0 Å². The van der Waals surface area contributed by atoms with E-state index in [1.165, 1.54) is 20.1 Å². The average Bonchev–Trinajstić information content (AvgIpc) is 2.66. The van der Waals surface area contributed by atoms with Gasteiger partial charge in [0.15, 0.2) is 9.84 Å². The Kier molecular flexibility index (Phi) is 4.71.